The lowest BCUT2D eigenvalue weighted by Crippen LogP contribution is -2.31. The van der Waals surface area contributed by atoms with Crippen LogP contribution >= 0.6 is 11.8 Å². The van der Waals surface area contributed by atoms with Gasteiger partial charge in [-0.15, -0.1) is 0 Å². The molecule has 0 aliphatic rings. The third-order valence-corrected chi connectivity index (χ3v) is 4.49. The van der Waals surface area contributed by atoms with E-state index in [4.69, 9.17) is 10.00 Å². The first-order valence-corrected chi connectivity index (χ1v) is 8.92. The van der Waals surface area contributed by atoms with Crippen LogP contribution in [0.2, 0.25) is 0 Å². The van der Waals surface area contributed by atoms with Crippen LogP contribution in [0, 0.1) is 29.9 Å². The summed E-state index contributed by atoms with van der Waals surface area (Å²) in [6.07, 6.45) is -1.28. The Hall–Kier alpha value is -3.19. The number of carbonyl (C=O) groups excluding carboxylic acids is 2. The van der Waals surface area contributed by atoms with Crippen molar-refractivity contribution in [2.45, 2.75) is 25.0 Å². The summed E-state index contributed by atoms with van der Waals surface area (Å²) in [6, 6.07) is 5.76. The first kappa shape index (κ1) is 21.1. The highest BCUT2D eigenvalue weighted by atomic mass is 32.2. The molecule has 1 atom stereocenters. The van der Waals surface area contributed by atoms with Crippen LogP contribution in [-0.4, -0.2) is 28.7 Å². The predicted molar refractivity (Wildman–Crippen MR) is 97.8 cm³/mol. The maximum atomic E-state index is 13.6. The normalized spacial score (nSPS) is 11.4. The Morgan fingerprint density at radius 3 is 2.75 bits per heavy atom. The molecule has 1 heterocycles. The van der Waals surface area contributed by atoms with Gasteiger partial charge in [-0.2, -0.15) is 5.26 Å². The van der Waals surface area contributed by atoms with Gasteiger partial charge < -0.3 is 15.0 Å². The second-order valence-corrected chi connectivity index (χ2v) is 6.65. The van der Waals surface area contributed by atoms with Crippen LogP contribution in [0.4, 0.5) is 14.5 Å². The molecule has 0 bridgehead atoms. The Morgan fingerprint density at radius 2 is 2.07 bits per heavy atom. The molecule has 1 aromatic heterocycles. The van der Waals surface area contributed by atoms with Crippen LogP contribution < -0.4 is 10.9 Å². The number of pyridine rings is 1. The van der Waals surface area contributed by atoms with E-state index in [1.54, 1.807) is 6.92 Å². The van der Waals surface area contributed by atoms with E-state index in [-0.39, 0.29) is 22.0 Å². The fourth-order valence-corrected chi connectivity index (χ4v) is 3.00. The molecule has 0 aliphatic carbocycles. The number of thioether (sulfide) groups is 1. The minimum Gasteiger partial charge on any atom is -0.452 e. The number of nitriles is 1. The van der Waals surface area contributed by atoms with Crippen LogP contribution in [0.25, 0.3) is 0 Å². The summed E-state index contributed by atoms with van der Waals surface area (Å²) in [7, 11) is 0. The van der Waals surface area contributed by atoms with Crippen molar-refractivity contribution < 1.29 is 23.1 Å². The first-order chi connectivity index (χ1) is 13.2. The van der Waals surface area contributed by atoms with Crippen LogP contribution in [0.1, 0.15) is 18.1 Å². The second kappa shape index (κ2) is 9.14. The van der Waals surface area contributed by atoms with Crippen LogP contribution in [0.3, 0.4) is 0 Å². The van der Waals surface area contributed by atoms with Crippen molar-refractivity contribution in [3.63, 3.8) is 0 Å². The molecule has 0 saturated carbocycles. The summed E-state index contributed by atoms with van der Waals surface area (Å²) in [4.78, 5) is 37.9. The van der Waals surface area contributed by atoms with Crippen LogP contribution in [0.15, 0.2) is 34.1 Å². The lowest BCUT2D eigenvalue weighted by Gasteiger charge is -2.14. The zero-order chi connectivity index (χ0) is 20.8. The van der Waals surface area contributed by atoms with Crippen molar-refractivity contribution in [2.75, 3.05) is 11.1 Å². The molecule has 2 aromatic rings. The van der Waals surface area contributed by atoms with E-state index >= 15 is 0 Å². The number of anilines is 1. The largest absolute Gasteiger partial charge is 0.452 e. The number of aromatic nitrogens is 1. The molecular formula is C18H15F2N3O4S. The average molecular weight is 407 g/mol. The number of H-pyrrole nitrogens is 1. The quantitative estimate of drug-likeness (QED) is 0.562. The molecule has 2 rings (SSSR count). The molecule has 0 saturated heterocycles. The fraction of sp³-hybridized carbons (Fsp3) is 0.222. The smallest absolute Gasteiger partial charge is 0.317 e. The highest BCUT2D eigenvalue weighted by molar-refractivity contribution is 7.99. The van der Waals surface area contributed by atoms with E-state index in [2.05, 4.69) is 10.3 Å². The van der Waals surface area contributed by atoms with Gasteiger partial charge in [0.2, 0.25) is 5.56 Å². The molecule has 2 N–H and O–H groups in total. The van der Waals surface area contributed by atoms with Crippen molar-refractivity contribution in [1.82, 2.24) is 4.98 Å². The van der Waals surface area contributed by atoms with E-state index in [0.29, 0.717) is 5.56 Å². The van der Waals surface area contributed by atoms with E-state index in [1.165, 1.54) is 13.0 Å². The molecule has 7 nitrogen and oxygen atoms in total. The zero-order valence-corrected chi connectivity index (χ0v) is 15.7. The fourth-order valence-electron chi connectivity index (χ4n) is 2.15. The second-order valence-electron chi connectivity index (χ2n) is 5.67. The number of nitrogens with zero attached hydrogens (tertiary/aromatic N) is 1. The van der Waals surface area contributed by atoms with Crippen molar-refractivity contribution in [1.29, 1.82) is 5.26 Å². The van der Waals surface area contributed by atoms with Gasteiger partial charge in [0.1, 0.15) is 17.7 Å². The van der Waals surface area contributed by atoms with Crippen molar-refractivity contribution in [2.24, 2.45) is 0 Å². The van der Waals surface area contributed by atoms with Gasteiger partial charge in [0.15, 0.2) is 6.10 Å². The highest BCUT2D eigenvalue weighted by Gasteiger charge is 2.20. The summed E-state index contributed by atoms with van der Waals surface area (Å²) < 4.78 is 31.6. The van der Waals surface area contributed by atoms with Crippen LogP contribution in [0.5, 0.6) is 0 Å². The molecule has 0 aliphatic heterocycles. The number of amides is 1. The number of benzene rings is 1. The Labute approximate surface area is 162 Å². The van der Waals surface area contributed by atoms with Crippen molar-refractivity contribution in [3.8, 4) is 6.07 Å². The summed E-state index contributed by atoms with van der Waals surface area (Å²) in [5.41, 5.74) is -0.104. The Bertz CT molecular complexity index is 1020. The maximum absolute atomic E-state index is 13.6. The first-order valence-electron chi connectivity index (χ1n) is 7.93. The molecule has 0 fully saturated rings. The van der Waals surface area contributed by atoms with E-state index in [0.717, 1.165) is 30.0 Å². The number of hydrogen-bond acceptors (Lipinski definition) is 6. The van der Waals surface area contributed by atoms with Gasteiger partial charge in [0.25, 0.3) is 5.91 Å². The van der Waals surface area contributed by atoms with Gasteiger partial charge in [-0.3, -0.25) is 14.4 Å². The van der Waals surface area contributed by atoms with Gasteiger partial charge >= 0.3 is 5.97 Å². The van der Waals surface area contributed by atoms with E-state index in [9.17, 15) is 23.2 Å². The summed E-state index contributed by atoms with van der Waals surface area (Å²) in [6.45, 7) is 2.86. The summed E-state index contributed by atoms with van der Waals surface area (Å²) >= 11 is 0.876. The van der Waals surface area contributed by atoms with E-state index < -0.39 is 35.2 Å². The number of nitrogens with one attached hydrogen (secondary N) is 2. The topological polar surface area (TPSA) is 112 Å². The van der Waals surface area contributed by atoms with Gasteiger partial charge in [0.05, 0.1) is 22.0 Å². The summed E-state index contributed by atoms with van der Waals surface area (Å²) in [5.74, 6) is -3.49. The summed E-state index contributed by atoms with van der Waals surface area (Å²) in [5, 5.41) is 11.5. The number of aromatic amines is 1. The zero-order valence-electron chi connectivity index (χ0n) is 14.8. The highest BCUT2D eigenvalue weighted by Crippen LogP contribution is 2.21. The van der Waals surface area contributed by atoms with Gasteiger partial charge in [0, 0.05) is 12.1 Å². The minimum atomic E-state index is -1.28. The standard InChI is InChI=1S/C18H15F2N3O4S/c1-9-5-15(24)23-18(12(9)7-21)28-8-16(25)27-10(2)17(26)22-14-6-11(19)3-4-13(14)20/h3-6,10H,8H2,1-2H3,(H,22,26)(H,23,24)/t10-/m0/s1. The minimum absolute atomic E-state index is 0.211. The van der Waals surface area contributed by atoms with Gasteiger partial charge in [-0.1, -0.05) is 11.8 Å². The number of hydrogen-bond donors (Lipinski definition) is 2. The van der Waals surface area contributed by atoms with E-state index in [1.807, 2.05) is 6.07 Å². The molecule has 28 heavy (non-hydrogen) atoms. The Balaban J connectivity index is 1.96. The van der Waals surface area contributed by atoms with Gasteiger partial charge in [-0.25, -0.2) is 8.78 Å². The van der Waals surface area contributed by atoms with Crippen LogP contribution in [-0.2, 0) is 14.3 Å². The number of ether oxygens (including phenoxy) is 1. The number of rotatable bonds is 6. The van der Waals surface area contributed by atoms with Crippen molar-refractivity contribution >= 4 is 29.3 Å². The van der Waals surface area contributed by atoms with Crippen molar-refractivity contribution in [3.05, 3.63) is 57.4 Å². The molecule has 146 valence electrons. The third kappa shape index (κ3) is 5.40. The lowest BCUT2D eigenvalue weighted by atomic mass is 10.2. The maximum Gasteiger partial charge on any atom is 0.317 e. The molecule has 0 unspecified atom stereocenters. The average Bonchev–Trinajstić information content (AvgIpc) is 2.62. The molecule has 1 aromatic carbocycles. The number of halogens is 2. The number of aryl methyl sites for hydroxylation is 1. The number of esters is 1. The monoisotopic (exact) mass is 407 g/mol. The molecule has 0 radical (unpaired) electrons. The predicted octanol–water partition coefficient (Wildman–Crippen LogP) is 2.50. The number of carbonyl (C=O) groups is 2. The van der Waals surface area contributed by atoms with Gasteiger partial charge in [-0.05, 0) is 31.5 Å². The SMILES string of the molecule is Cc1cc(=O)[nH]c(SCC(=O)O[C@@H](C)C(=O)Nc2cc(F)ccc2F)c1C#N. The lowest BCUT2D eigenvalue weighted by molar-refractivity contribution is -0.150. The molecule has 1 amide bonds. The molecular weight excluding hydrogens is 392 g/mol. The third-order valence-electron chi connectivity index (χ3n) is 3.52. The molecule has 0 spiro atoms. The Kier molecular flexibility index (Phi) is 6.89. The Morgan fingerprint density at radius 1 is 1.36 bits per heavy atom. The molecule has 10 heteroatoms.